The van der Waals surface area contributed by atoms with Gasteiger partial charge >= 0.3 is 0 Å². The van der Waals surface area contributed by atoms with Crippen molar-refractivity contribution in [3.05, 3.63) is 29.3 Å². The minimum atomic E-state index is -1.27. The van der Waals surface area contributed by atoms with Gasteiger partial charge in [-0.3, -0.25) is 4.79 Å². The molecule has 0 aromatic heterocycles. The van der Waals surface area contributed by atoms with Gasteiger partial charge < -0.3 is 20.0 Å². The number of hydrogen-bond donors (Lipinski definition) is 1. The molecule has 1 aromatic rings. The number of carbonyl (C=O) groups is 2. The van der Waals surface area contributed by atoms with Crippen LogP contribution in [0, 0.1) is 6.92 Å². The summed E-state index contributed by atoms with van der Waals surface area (Å²) in [5.41, 5.74) is 1.91. The van der Waals surface area contributed by atoms with E-state index in [2.05, 4.69) is 26.1 Å². The van der Waals surface area contributed by atoms with E-state index in [9.17, 15) is 14.7 Å². The van der Waals surface area contributed by atoms with E-state index in [1.54, 1.807) is 0 Å². The molecule has 0 aliphatic rings. The summed E-state index contributed by atoms with van der Waals surface area (Å²) in [6, 6.07) is 4.89. The second kappa shape index (κ2) is 8.97. The molecular weight excluding hydrogens is 326 g/mol. The van der Waals surface area contributed by atoms with Crippen molar-refractivity contribution in [3.8, 4) is 5.75 Å². The molecule has 0 aliphatic heterocycles. The van der Waals surface area contributed by atoms with Crippen molar-refractivity contribution in [3.63, 3.8) is 0 Å². The summed E-state index contributed by atoms with van der Waals surface area (Å²) in [6.07, 6.45) is 2.20. The maximum atomic E-state index is 12.0. The standard InChI is InChI=1S/C18H27NO4S/c1-12-6-7-13(18(2,3)4)15(10-12)23-11-16(20)19-14(17(21)22)8-9-24-5/h6-7,10,14H,8-9,11H2,1-5H3,(H,19,20)(H,21,22)/p-1/t14-/m0/s1. The molecule has 0 radical (unpaired) electrons. The van der Waals surface area contributed by atoms with Gasteiger partial charge in [0.05, 0.1) is 12.0 Å². The van der Waals surface area contributed by atoms with E-state index in [1.807, 2.05) is 31.4 Å². The number of ether oxygens (including phenoxy) is 1. The summed E-state index contributed by atoms with van der Waals surface area (Å²) < 4.78 is 5.66. The van der Waals surface area contributed by atoms with Crippen LogP contribution in [0.2, 0.25) is 0 Å². The number of carboxylic acids is 1. The first-order valence-corrected chi connectivity index (χ1v) is 9.27. The van der Waals surface area contributed by atoms with Gasteiger partial charge in [-0.25, -0.2) is 0 Å². The van der Waals surface area contributed by atoms with Crippen molar-refractivity contribution < 1.29 is 19.4 Å². The van der Waals surface area contributed by atoms with E-state index in [0.29, 0.717) is 17.9 Å². The average molecular weight is 352 g/mol. The Kier molecular flexibility index (Phi) is 7.60. The number of rotatable bonds is 8. The molecule has 0 spiro atoms. The van der Waals surface area contributed by atoms with Crippen molar-refractivity contribution in [2.45, 2.75) is 45.6 Å². The van der Waals surface area contributed by atoms with Crippen LogP contribution in [0.5, 0.6) is 5.75 Å². The number of thioether (sulfide) groups is 1. The third-order valence-electron chi connectivity index (χ3n) is 3.53. The highest BCUT2D eigenvalue weighted by atomic mass is 32.2. The topological polar surface area (TPSA) is 78.5 Å². The van der Waals surface area contributed by atoms with E-state index in [1.165, 1.54) is 11.8 Å². The Bertz CT molecular complexity index is 581. The zero-order valence-electron chi connectivity index (χ0n) is 15.0. The molecule has 1 atom stereocenters. The van der Waals surface area contributed by atoms with Crippen LogP contribution in [0.3, 0.4) is 0 Å². The van der Waals surface area contributed by atoms with Crippen LogP contribution in [0.1, 0.15) is 38.3 Å². The lowest BCUT2D eigenvalue weighted by Gasteiger charge is -2.24. The Labute approximate surface area is 148 Å². The predicted octanol–water partition coefficient (Wildman–Crippen LogP) is 1.66. The Balaban J connectivity index is 2.73. The third kappa shape index (κ3) is 6.43. The predicted molar refractivity (Wildman–Crippen MR) is 95.3 cm³/mol. The quantitative estimate of drug-likeness (QED) is 0.770. The molecule has 0 bridgehead atoms. The molecule has 24 heavy (non-hydrogen) atoms. The number of hydrogen-bond acceptors (Lipinski definition) is 5. The summed E-state index contributed by atoms with van der Waals surface area (Å²) in [5.74, 6) is -0.465. The molecule has 134 valence electrons. The van der Waals surface area contributed by atoms with Crippen molar-refractivity contribution in [1.82, 2.24) is 5.32 Å². The van der Waals surface area contributed by atoms with Crippen LogP contribution in [0.25, 0.3) is 0 Å². The van der Waals surface area contributed by atoms with E-state index in [4.69, 9.17) is 4.74 Å². The maximum Gasteiger partial charge on any atom is 0.258 e. The molecule has 1 aromatic carbocycles. The van der Waals surface area contributed by atoms with Gasteiger partial charge in [0.15, 0.2) is 6.61 Å². The Morgan fingerprint density at radius 1 is 1.33 bits per heavy atom. The number of benzene rings is 1. The van der Waals surface area contributed by atoms with Gasteiger partial charge in [-0.05, 0) is 48.0 Å². The van der Waals surface area contributed by atoms with E-state index in [0.717, 1.165) is 11.1 Å². The van der Waals surface area contributed by atoms with Crippen LogP contribution >= 0.6 is 11.8 Å². The van der Waals surface area contributed by atoms with Crippen molar-refractivity contribution in [1.29, 1.82) is 0 Å². The lowest BCUT2D eigenvalue weighted by atomic mass is 9.86. The molecule has 0 aliphatic carbocycles. The van der Waals surface area contributed by atoms with Gasteiger partial charge in [-0.1, -0.05) is 32.9 Å². The lowest BCUT2D eigenvalue weighted by Crippen LogP contribution is -2.49. The van der Waals surface area contributed by atoms with Gasteiger partial charge in [0.25, 0.3) is 5.91 Å². The minimum Gasteiger partial charge on any atom is -0.548 e. The first-order chi connectivity index (χ1) is 11.1. The molecule has 0 saturated carbocycles. The number of carboxylic acid groups (broad SMARTS) is 1. The average Bonchev–Trinajstić information content (AvgIpc) is 2.47. The van der Waals surface area contributed by atoms with Crippen LogP contribution in [0.15, 0.2) is 18.2 Å². The van der Waals surface area contributed by atoms with E-state index in [-0.39, 0.29) is 12.0 Å². The molecule has 1 rings (SSSR count). The molecule has 6 heteroatoms. The van der Waals surface area contributed by atoms with Crippen molar-refractivity contribution in [2.75, 3.05) is 18.6 Å². The zero-order valence-corrected chi connectivity index (χ0v) is 15.8. The van der Waals surface area contributed by atoms with Crippen molar-refractivity contribution in [2.24, 2.45) is 0 Å². The van der Waals surface area contributed by atoms with Crippen LogP contribution < -0.4 is 15.2 Å². The van der Waals surface area contributed by atoms with Crippen LogP contribution in [-0.4, -0.2) is 36.5 Å². The SMILES string of the molecule is CSCC[C@H](NC(=O)COc1cc(C)ccc1C(C)(C)C)C(=O)[O-]. The number of amides is 1. The van der Waals surface area contributed by atoms with Gasteiger partial charge in [0.2, 0.25) is 0 Å². The van der Waals surface area contributed by atoms with Crippen molar-refractivity contribution >= 4 is 23.6 Å². The van der Waals surface area contributed by atoms with Crippen LogP contribution in [-0.2, 0) is 15.0 Å². The normalized spacial score (nSPS) is 12.5. The van der Waals surface area contributed by atoms with E-state index >= 15 is 0 Å². The highest BCUT2D eigenvalue weighted by molar-refractivity contribution is 7.98. The van der Waals surface area contributed by atoms with Gasteiger partial charge in [-0.2, -0.15) is 11.8 Å². The molecule has 1 amide bonds. The lowest BCUT2D eigenvalue weighted by molar-refractivity contribution is -0.308. The molecule has 5 nitrogen and oxygen atoms in total. The summed E-state index contributed by atoms with van der Waals surface area (Å²) in [7, 11) is 0. The number of aryl methyl sites for hydroxylation is 1. The highest BCUT2D eigenvalue weighted by Crippen LogP contribution is 2.32. The molecule has 0 heterocycles. The first kappa shape index (κ1) is 20.4. The second-order valence-electron chi connectivity index (χ2n) is 6.76. The molecular formula is C18H26NO4S-. The summed E-state index contributed by atoms with van der Waals surface area (Å²) in [5, 5.41) is 13.5. The summed E-state index contributed by atoms with van der Waals surface area (Å²) in [6.45, 7) is 7.93. The Morgan fingerprint density at radius 2 is 2.00 bits per heavy atom. The number of nitrogens with one attached hydrogen (secondary N) is 1. The first-order valence-electron chi connectivity index (χ1n) is 7.88. The largest absolute Gasteiger partial charge is 0.548 e. The third-order valence-corrected chi connectivity index (χ3v) is 4.18. The summed E-state index contributed by atoms with van der Waals surface area (Å²) >= 11 is 1.52. The van der Waals surface area contributed by atoms with Gasteiger partial charge in [0.1, 0.15) is 5.75 Å². The second-order valence-corrected chi connectivity index (χ2v) is 7.74. The summed E-state index contributed by atoms with van der Waals surface area (Å²) in [4.78, 5) is 23.1. The maximum absolute atomic E-state index is 12.0. The monoisotopic (exact) mass is 352 g/mol. The molecule has 1 N–H and O–H groups in total. The number of carbonyl (C=O) groups excluding carboxylic acids is 2. The number of aliphatic carboxylic acids is 1. The van der Waals surface area contributed by atoms with Gasteiger partial charge in [-0.15, -0.1) is 0 Å². The molecule has 0 unspecified atom stereocenters. The molecule has 0 fully saturated rings. The molecule has 0 saturated heterocycles. The Morgan fingerprint density at radius 3 is 2.54 bits per heavy atom. The fourth-order valence-corrected chi connectivity index (χ4v) is 2.70. The van der Waals surface area contributed by atoms with E-state index < -0.39 is 17.9 Å². The zero-order chi connectivity index (χ0) is 18.3. The Hall–Kier alpha value is -1.69. The highest BCUT2D eigenvalue weighted by Gasteiger charge is 2.20. The minimum absolute atomic E-state index is 0.120. The fraction of sp³-hybridized carbons (Fsp3) is 0.556. The van der Waals surface area contributed by atoms with Crippen LogP contribution in [0.4, 0.5) is 0 Å². The smallest absolute Gasteiger partial charge is 0.258 e. The van der Waals surface area contributed by atoms with Gasteiger partial charge in [0, 0.05) is 0 Å². The fourth-order valence-electron chi connectivity index (χ4n) is 2.23.